The van der Waals surface area contributed by atoms with E-state index in [-0.39, 0.29) is 5.91 Å². The first-order chi connectivity index (χ1) is 15.0. The lowest BCUT2D eigenvalue weighted by Crippen LogP contribution is -2.47. The van der Waals surface area contributed by atoms with E-state index in [1.807, 2.05) is 49.2 Å². The van der Waals surface area contributed by atoms with Gasteiger partial charge < -0.3 is 19.7 Å². The number of benzene rings is 1. The fourth-order valence-electron chi connectivity index (χ4n) is 3.92. The van der Waals surface area contributed by atoms with E-state index < -0.39 is 0 Å². The molecule has 0 bridgehead atoms. The van der Waals surface area contributed by atoms with Crippen LogP contribution in [0.25, 0.3) is 11.4 Å². The number of carbonyl (C=O) groups is 1. The molecule has 0 atom stereocenters. The summed E-state index contributed by atoms with van der Waals surface area (Å²) >= 11 is 0. The van der Waals surface area contributed by atoms with E-state index >= 15 is 0 Å². The third kappa shape index (κ3) is 4.44. The molecule has 162 valence electrons. The van der Waals surface area contributed by atoms with E-state index in [0.717, 1.165) is 66.8 Å². The number of piperazine rings is 1. The third-order valence-electron chi connectivity index (χ3n) is 5.79. The first-order valence-corrected chi connectivity index (χ1v) is 10.7. The molecule has 1 fully saturated rings. The van der Waals surface area contributed by atoms with Gasteiger partial charge in [-0.2, -0.15) is 0 Å². The fraction of sp³-hybridized carbons (Fsp3) is 0.391. The van der Waals surface area contributed by atoms with E-state index in [2.05, 4.69) is 43.7 Å². The van der Waals surface area contributed by atoms with Crippen molar-refractivity contribution in [2.24, 2.45) is 0 Å². The molecule has 1 N–H and O–H groups in total. The number of anilines is 2. The molecule has 1 aliphatic rings. The summed E-state index contributed by atoms with van der Waals surface area (Å²) in [6.07, 6.45) is 3.58. The van der Waals surface area contributed by atoms with Gasteiger partial charge in [-0.3, -0.25) is 4.79 Å². The van der Waals surface area contributed by atoms with Crippen molar-refractivity contribution in [1.82, 2.24) is 29.3 Å². The number of hydrogen-bond acceptors (Lipinski definition) is 6. The summed E-state index contributed by atoms with van der Waals surface area (Å²) in [6, 6.07) is 7.65. The first kappa shape index (κ1) is 21.0. The van der Waals surface area contributed by atoms with Gasteiger partial charge >= 0.3 is 0 Å². The number of rotatable bonds is 5. The number of likely N-dealkylation sites (N-methyl/N-ethyl adjacent to an activating group) is 1. The Morgan fingerprint density at radius 1 is 1.10 bits per heavy atom. The SMILES string of the molecule is CCn1c(-c2ccnc(Nc3ccc(C(=O)N4CCN(C)CC4)c(C)c3)n2)cnc1C. The van der Waals surface area contributed by atoms with Crippen LogP contribution in [0.5, 0.6) is 0 Å². The molecular formula is C23H29N7O. The second kappa shape index (κ2) is 8.85. The lowest BCUT2D eigenvalue weighted by atomic mass is 10.1. The van der Waals surface area contributed by atoms with Crippen molar-refractivity contribution in [3.8, 4) is 11.4 Å². The van der Waals surface area contributed by atoms with E-state index in [9.17, 15) is 4.79 Å². The first-order valence-electron chi connectivity index (χ1n) is 10.7. The van der Waals surface area contributed by atoms with Gasteiger partial charge in [-0.1, -0.05) is 0 Å². The highest BCUT2D eigenvalue weighted by atomic mass is 16.2. The fourth-order valence-corrected chi connectivity index (χ4v) is 3.92. The van der Waals surface area contributed by atoms with Crippen LogP contribution >= 0.6 is 0 Å². The average molecular weight is 420 g/mol. The van der Waals surface area contributed by atoms with E-state index in [1.165, 1.54) is 0 Å². The molecule has 8 heteroatoms. The summed E-state index contributed by atoms with van der Waals surface area (Å²) in [5, 5.41) is 3.27. The molecule has 3 heterocycles. The second-order valence-electron chi connectivity index (χ2n) is 7.95. The largest absolute Gasteiger partial charge is 0.336 e. The highest BCUT2D eigenvalue weighted by Gasteiger charge is 2.21. The molecule has 31 heavy (non-hydrogen) atoms. The zero-order valence-electron chi connectivity index (χ0n) is 18.6. The van der Waals surface area contributed by atoms with Crippen molar-refractivity contribution in [3.63, 3.8) is 0 Å². The molecule has 1 amide bonds. The zero-order chi connectivity index (χ0) is 22.0. The van der Waals surface area contributed by atoms with Crippen molar-refractivity contribution in [2.75, 3.05) is 38.5 Å². The van der Waals surface area contributed by atoms with Crippen LogP contribution in [0.15, 0.2) is 36.7 Å². The standard InChI is InChI=1S/C23H29N7O/c1-5-30-17(3)25-15-21(30)20-8-9-24-23(27-20)26-18-6-7-19(16(2)14-18)22(31)29-12-10-28(4)11-13-29/h6-9,14-15H,5,10-13H2,1-4H3,(H,24,26,27). The topological polar surface area (TPSA) is 79.2 Å². The summed E-state index contributed by atoms with van der Waals surface area (Å²) in [7, 11) is 2.09. The molecule has 1 aliphatic heterocycles. The van der Waals surface area contributed by atoms with Crippen LogP contribution in [0.2, 0.25) is 0 Å². The monoisotopic (exact) mass is 419 g/mol. The predicted octanol–water partition coefficient (Wildman–Crippen LogP) is 3.11. The Balaban J connectivity index is 1.51. The Hall–Kier alpha value is -3.26. The number of nitrogens with zero attached hydrogens (tertiary/aromatic N) is 6. The Bertz CT molecular complexity index is 1080. The van der Waals surface area contributed by atoms with E-state index in [1.54, 1.807) is 6.20 Å². The molecule has 0 radical (unpaired) electrons. The molecule has 1 aromatic carbocycles. The highest BCUT2D eigenvalue weighted by molar-refractivity contribution is 5.96. The van der Waals surface area contributed by atoms with Crippen LogP contribution in [0.3, 0.4) is 0 Å². The van der Waals surface area contributed by atoms with Gasteiger partial charge in [0.15, 0.2) is 0 Å². The Kier molecular flexibility index (Phi) is 5.99. The molecular weight excluding hydrogens is 390 g/mol. The molecule has 0 unspecified atom stereocenters. The number of amides is 1. The summed E-state index contributed by atoms with van der Waals surface area (Å²) in [4.78, 5) is 30.5. The molecule has 8 nitrogen and oxygen atoms in total. The maximum Gasteiger partial charge on any atom is 0.254 e. The van der Waals surface area contributed by atoms with Gasteiger partial charge in [0.2, 0.25) is 5.95 Å². The Morgan fingerprint density at radius 2 is 1.87 bits per heavy atom. The van der Waals surface area contributed by atoms with Crippen LogP contribution in [-0.2, 0) is 6.54 Å². The van der Waals surface area contributed by atoms with Gasteiger partial charge in [0.1, 0.15) is 5.82 Å². The third-order valence-corrected chi connectivity index (χ3v) is 5.79. The Morgan fingerprint density at radius 3 is 2.58 bits per heavy atom. The highest BCUT2D eigenvalue weighted by Crippen LogP contribution is 2.23. The number of imidazole rings is 1. The lowest BCUT2D eigenvalue weighted by molar-refractivity contribution is 0.0663. The van der Waals surface area contributed by atoms with Gasteiger partial charge in [0.05, 0.1) is 17.6 Å². The molecule has 2 aromatic heterocycles. The van der Waals surface area contributed by atoms with Gasteiger partial charge in [-0.05, 0) is 57.6 Å². The van der Waals surface area contributed by atoms with Gasteiger partial charge in [0, 0.05) is 50.2 Å². The van der Waals surface area contributed by atoms with Crippen molar-refractivity contribution < 1.29 is 4.79 Å². The van der Waals surface area contributed by atoms with Crippen LogP contribution < -0.4 is 5.32 Å². The van der Waals surface area contributed by atoms with Crippen LogP contribution in [-0.4, -0.2) is 68.5 Å². The Labute approximate surface area is 182 Å². The van der Waals surface area contributed by atoms with Crippen LogP contribution in [0.4, 0.5) is 11.6 Å². The van der Waals surface area contributed by atoms with E-state index in [0.29, 0.717) is 5.95 Å². The summed E-state index contributed by atoms with van der Waals surface area (Å²) in [5.41, 5.74) is 4.31. The van der Waals surface area contributed by atoms with Gasteiger partial charge in [0.25, 0.3) is 5.91 Å². The lowest BCUT2D eigenvalue weighted by Gasteiger charge is -2.32. The van der Waals surface area contributed by atoms with Crippen molar-refractivity contribution >= 4 is 17.5 Å². The normalized spacial score (nSPS) is 14.6. The van der Waals surface area contributed by atoms with Crippen LogP contribution in [0.1, 0.15) is 28.7 Å². The number of nitrogens with one attached hydrogen (secondary N) is 1. The van der Waals surface area contributed by atoms with Crippen molar-refractivity contribution in [1.29, 1.82) is 0 Å². The summed E-state index contributed by atoms with van der Waals surface area (Å²) in [5.74, 6) is 1.57. The zero-order valence-corrected chi connectivity index (χ0v) is 18.6. The summed E-state index contributed by atoms with van der Waals surface area (Å²) in [6.45, 7) is 10.2. The molecule has 0 spiro atoms. The number of hydrogen-bond donors (Lipinski definition) is 1. The summed E-state index contributed by atoms with van der Waals surface area (Å²) < 4.78 is 2.12. The van der Waals surface area contributed by atoms with Gasteiger partial charge in [-0.25, -0.2) is 15.0 Å². The smallest absolute Gasteiger partial charge is 0.254 e. The predicted molar refractivity (Wildman–Crippen MR) is 122 cm³/mol. The molecule has 0 aliphatic carbocycles. The quantitative estimate of drug-likeness (QED) is 0.685. The van der Waals surface area contributed by atoms with Crippen molar-refractivity contribution in [2.45, 2.75) is 27.3 Å². The minimum atomic E-state index is 0.0959. The number of carbonyl (C=O) groups excluding carboxylic acids is 1. The number of aryl methyl sites for hydroxylation is 2. The minimum absolute atomic E-state index is 0.0959. The maximum absolute atomic E-state index is 12.9. The van der Waals surface area contributed by atoms with E-state index in [4.69, 9.17) is 0 Å². The van der Waals surface area contributed by atoms with Crippen LogP contribution in [0, 0.1) is 13.8 Å². The maximum atomic E-state index is 12.9. The molecule has 3 aromatic rings. The van der Waals surface area contributed by atoms with Gasteiger partial charge in [-0.15, -0.1) is 0 Å². The molecule has 1 saturated heterocycles. The molecule has 0 saturated carbocycles. The minimum Gasteiger partial charge on any atom is -0.336 e. The molecule has 4 rings (SSSR count). The van der Waals surface area contributed by atoms with Crippen molar-refractivity contribution in [3.05, 3.63) is 53.6 Å². The number of aromatic nitrogens is 4. The average Bonchev–Trinajstić information content (AvgIpc) is 3.14. The second-order valence-corrected chi connectivity index (χ2v) is 7.95.